The van der Waals surface area contributed by atoms with Crippen LogP contribution in [0.5, 0.6) is 11.6 Å². The maximum atomic E-state index is 12.6. The summed E-state index contributed by atoms with van der Waals surface area (Å²) >= 11 is 11.9. The van der Waals surface area contributed by atoms with E-state index in [1.807, 2.05) is 4.90 Å². The number of halogens is 2. The average molecular weight is 394 g/mol. The van der Waals surface area contributed by atoms with Crippen LogP contribution in [0.2, 0.25) is 10.0 Å². The number of carbonyl (C=O) groups excluding carboxylic acids is 1. The predicted molar refractivity (Wildman–Crippen MR) is 103 cm³/mol. The van der Waals surface area contributed by atoms with Crippen molar-refractivity contribution >= 4 is 29.1 Å². The lowest BCUT2D eigenvalue weighted by Gasteiger charge is -2.36. The Morgan fingerprint density at radius 1 is 1.08 bits per heavy atom. The van der Waals surface area contributed by atoms with Gasteiger partial charge in [0.25, 0.3) is 5.91 Å². The lowest BCUT2D eigenvalue weighted by Crippen LogP contribution is -2.50. The fourth-order valence-corrected chi connectivity index (χ4v) is 3.14. The van der Waals surface area contributed by atoms with Crippen molar-refractivity contribution in [2.24, 2.45) is 0 Å². The van der Waals surface area contributed by atoms with Gasteiger partial charge in [0.05, 0.1) is 15.6 Å². The highest BCUT2D eigenvalue weighted by Crippen LogP contribution is 2.28. The molecule has 2 aromatic rings. The van der Waals surface area contributed by atoms with Crippen LogP contribution in [0, 0.1) is 0 Å². The van der Waals surface area contributed by atoms with Crippen LogP contribution in [0.1, 0.15) is 24.2 Å². The van der Waals surface area contributed by atoms with Gasteiger partial charge in [0.1, 0.15) is 5.75 Å². The molecule has 0 atom stereocenters. The van der Waals surface area contributed by atoms with Gasteiger partial charge in [-0.25, -0.2) is 4.98 Å². The zero-order valence-electron chi connectivity index (χ0n) is 14.8. The molecule has 1 saturated heterocycles. The van der Waals surface area contributed by atoms with E-state index in [-0.39, 0.29) is 5.91 Å². The number of nitrogens with zero attached hydrogens (tertiary/aromatic N) is 3. The average Bonchev–Trinajstić information content (AvgIpc) is 2.65. The summed E-state index contributed by atoms with van der Waals surface area (Å²) in [4.78, 5) is 21.1. The molecule has 0 radical (unpaired) electrons. The van der Waals surface area contributed by atoms with Crippen molar-refractivity contribution in [2.75, 3.05) is 26.2 Å². The fourth-order valence-electron chi connectivity index (χ4n) is 2.85. The van der Waals surface area contributed by atoms with E-state index in [1.54, 1.807) is 36.5 Å². The summed E-state index contributed by atoms with van der Waals surface area (Å²) in [6.45, 7) is 7.61. The van der Waals surface area contributed by atoms with Crippen molar-refractivity contribution in [3.8, 4) is 11.6 Å². The van der Waals surface area contributed by atoms with Crippen molar-refractivity contribution in [1.29, 1.82) is 0 Å². The molecule has 5 nitrogen and oxygen atoms in total. The zero-order chi connectivity index (χ0) is 18.7. The number of carbonyl (C=O) groups is 1. The van der Waals surface area contributed by atoms with Crippen LogP contribution >= 0.6 is 23.2 Å². The first-order chi connectivity index (χ1) is 12.4. The monoisotopic (exact) mass is 393 g/mol. The summed E-state index contributed by atoms with van der Waals surface area (Å²) in [6.07, 6.45) is 1.55. The molecule has 1 fully saturated rings. The molecule has 7 heteroatoms. The van der Waals surface area contributed by atoms with Crippen LogP contribution in [-0.2, 0) is 0 Å². The number of amides is 1. The fraction of sp³-hybridized carbons (Fsp3) is 0.368. The molecule has 1 aliphatic rings. The Kier molecular flexibility index (Phi) is 6.01. The van der Waals surface area contributed by atoms with Crippen LogP contribution in [0.15, 0.2) is 36.5 Å². The number of rotatable bonds is 4. The van der Waals surface area contributed by atoms with Crippen LogP contribution < -0.4 is 4.74 Å². The molecule has 1 aromatic heterocycles. The minimum absolute atomic E-state index is 0.00185. The van der Waals surface area contributed by atoms with Gasteiger partial charge in [-0.05, 0) is 32.0 Å². The molecule has 3 rings (SSSR count). The maximum Gasteiger partial charge on any atom is 0.255 e. The summed E-state index contributed by atoms with van der Waals surface area (Å²) in [6, 6.07) is 8.92. The number of hydrogen-bond acceptors (Lipinski definition) is 4. The van der Waals surface area contributed by atoms with Crippen molar-refractivity contribution in [3.05, 3.63) is 52.1 Å². The van der Waals surface area contributed by atoms with E-state index in [9.17, 15) is 4.79 Å². The number of piperazine rings is 1. The Morgan fingerprint density at radius 3 is 2.38 bits per heavy atom. The van der Waals surface area contributed by atoms with Crippen LogP contribution in [0.3, 0.4) is 0 Å². The third-order valence-electron chi connectivity index (χ3n) is 4.43. The summed E-state index contributed by atoms with van der Waals surface area (Å²) in [5.74, 6) is 0.933. The summed E-state index contributed by atoms with van der Waals surface area (Å²) in [5.41, 5.74) is 0.560. The molecule has 2 heterocycles. The van der Waals surface area contributed by atoms with Crippen molar-refractivity contribution in [2.45, 2.75) is 19.9 Å². The molecular formula is C19H21Cl2N3O2. The molecule has 0 saturated carbocycles. The molecule has 0 unspecified atom stereocenters. The van der Waals surface area contributed by atoms with E-state index in [0.717, 1.165) is 26.2 Å². The second-order valence-electron chi connectivity index (χ2n) is 6.49. The standard InChI is InChI=1S/C19H21Cl2N3O2/c1-13(2)23-7-9-24(10-8-23)19(25)14-3-6-18(22-12-14)26-15-4-5-16(20)17(21)11-15/h3-6,11-13H,7-10H2,1-2H3. The Morgan fingerprint density at radius 2 is 1.81 bits per heavy atom. The van der Waals surface area contributed by atoms with Crippen molar-refractivity contribution in [1.82, 2.24) is 14.8 Å². The van der Waals surface area contributed by atoms with Gasteiger partial charge in [-0.2, -0.15) is 0 Å². The van der Waals surface area contributed by atoms with E-state index in [1.165, 1.54) is 0 Å². The van der Waals surface area contributed by atoms with E-state index in [2.05, 4.69) is 23.7 Å². The second kappa shape index (κ2) is 8.25. The molecule has 0 N–H and O–H groups in total. The van der Waals surface area contributed by atoms with Gasteiger partial charge in [-0.15, -0.1) is 0 Å². The second-order valence-corrected chi connectivity index (χ2v) is 7.30. The smallest absolute Gasteiger partial charge is 0.255 e. The Bertz CT molecular complexity index is 773. The Balaban J connectivity index is 1.62. The van der Waals surface area contributed by atoms with E-state index < -0.39 is 0 Å². The number of aromatic nitrogens is 1. The number of benzene rings is 1. The zero-order valence-corrected chi connectivity index (χ0v) is 16.3. The van der Waals surface area contributed by atoms with Gasteiger partial charge in [0, 0.05) is 50.6 Å². The predicted octanol–water partition coefficient (Wildman–Crippen LogP) is 4.35. The molecule has 0 spiro atoms. The number of ether oxygens (including phenoxy) is 1. The van der Waals surface area contributed by atoms with Crippen LogP contribution in [0.4, 0.5) is 0 Å². The first-order valence-electron chi connectivity index (χ1n) is 8.56. The quantitative estimate of drug-likeness (QED) is 0.774. The molecule has 26 heavy (non-hydrogen) atoms. The molecule has 1 aliphatic heterocycles. The summed E-state index contributed by atoms with van der Waals surface area (Å²) in [5, 5.41) is 0.877. The number of hydrogen-bond donors (Lipinski definition) is 0. The Hall–Kier alpha value is -1.82. The van der Waals surface area contributed by atoms with Gasteiger partial charge in [0.15, 0.2) is 0 Å². The molecule has 1 amide bonds. The van der Waals surface area contributed by atoms with E-state index >= 15 is 0 Å². The molecular weight excluding hydrogens is 373 g/mol. The highest BCUT2D eigenvalue weighted by molar-refractivity contribution is 6.42. The molecule has 138 valence electrons. The normalized spacial score (nSPS) is 15.3. The van der Waals surface area contributed by atoms with Gasteiger partial charge in [-0.3, -0.25) is 9.69 Å². The van der Waals surface area contributed by atoms with E-state index in [4.69, 9.17) is 27.9 Å². The van der Waals surface area contributed by atoms with Crippen LogP contribution in [0.25, 0.3) is 0 Å². The number of pyridine rings is 1. The van der Waals surface area contributed by atoms with Gasteiger partial charge in [0.2, 0.25) is 5.88 Å². The highest BCUT2D eigenvalue weighted by atomic mass is 35.5. The molecule has 0 bridgehead atoms. The minimum Gasteiger partial charge on any atom is -0.439 e. The summed E-state index contributed by atoms with van der Waals surface area (Å²) < 4.78 is 5.65. The maximum absolute atomic E-state index is 12.6. The molecule has 0 aliphatic carbocycles. The van der Waals surface area contributed by atoms with Gasteiger partial charge < -0.3 is 9.64 Å². The minimum atomic E-state index is 0.00185. The van der Waals surface area contributed by atoms with Crippen molar-refractivity contribution in [3.63, 3.8) is 0 Å². The van der Waals surface area contributed by atoms with Gasteiger partial charge in [-0.1, -0.05) is 23.2 Å². The lowest BCUT2D eigenvalue weighted by atomic mass is 10.2. The Labute approximate surface area is 163 Å². The van der Waals surface area contributed by atoms with Crippen molar-refractivity contribution < 1.29 is 9.53 Å². The van der Waals surface area contributed by atoms with E-state index in [0.29, 0.717) is 33.3 Å². The topological polar surface area (TPSA) is 45.7 Å². The third-order valence-corrected chi connectivity index (χ3v) is 5.17. The summed E-state index contributed by atoms with van der Waals surface area (Å²) in [7, 11) is 0. The van der Waals surface area contributed by atoms with Gasteiger partial charge >= 0.3 is 0 Å². The van der Waals surface area contributed by atoms with Crippen LogP contribution in [-0.4, -0.2) is 52.9 Å². The third kappa shape index (κ3) is 4.47. The largest absolute Gasteiger partial charge is 0.439 e. The first kappa shape index (κ1) is 19.0. The SMILES string of the molecule is CC(C)N1CCN(C(=O)c2ccc(Oc3ccc(Cl)c(Cl)c3)nc2)CC1. The highest BCUT2D eigenvalue weighted by Gasteiger charge is 2.23. The lowest BCUT2D eigenvalue weighted by molar-refractivity contribution is 0.0595. The molecule has 1 aromatic carbocycles. The first-order valence-corrected chi connectivity index (χ1v) is 9.32.